The highest BCUT2D eigenvalue weighted by Gasteiger charge is 2.28. The first-order valence-corrected chi connectivity index (χ1v) is 10.1. The summed E-state index contributed by atoms with van der Waals surface area (Å²) in [6.45, 7) is 2.09. The molecule has 6 heteroatoms. The Morgan fingerprint density at radius 1 is 1.07 bits per heavy atom. The Bertz CT molecular complexity index is 901. The van der Waals surface area contributed by atoms with E-state index in [4.69, 9.17) is 9.84 Å². The number of ether oxygens (including phenoxy) is 1. The van der Waals surface area contributed by atoms with Gasteiger partial charge in [-0.3, -0.25) is 0 Å². The number of likely N-dealkylation sites (tertiary alicyclic amines) is 1. The van der Waals surface area contributed by atoms with Crippen molar-refractivity contribution in [1.82, 2.24) is 4.90 Å². The minimum atomic E-state index is -1.22. The average Bonchev–Trinajstić information content (AvgIpc) is 2.77. The van der Waals surface area contributed by atoms with Gasteiger partial charge in [-0.1, -0.05) is 54.6 Å². The van der Waals surface area contributed by atoms with Gasteiger partial charge in [-0.05, 0) is 48.5 Å². The largest absolute Gasteiger partial charge is 0.478 e. The van der Waals surface area contributed by atoms with Gasteiger partial charge in [-0.25, -0.2) is 9.59 Å². The van der Waals surface area contributed by atoms with Crippen molar-refractivity contribution in [3.8, 4) is 11.1 Å². The third-order valence-electron chi connectivity index (χ3n) is 5.65. The van der Waals surface area contributed by atoms with Gasteiger partial charge in [-0.15, -0.1) is 0 Å². The van der Waals surface area contributed by atoms with Crippen LogP contribution in [-0.2, 0) is 14.3 Å². The van der Waals surface area contributed by atoms with Gasteiger partial charge >= 0.3 is 11.9 Å². The normalized spacial score (nSPS) is 16.9. The fourth-order valence-electron chi connectivity index (χ4n) is 4.11. The molecule has 30 heavy (non-hydrogen) atoms. The number of benzene rings is 2. The Balaban J connectivity index is 1.70. The fourth-order valence-corrected chi connectivity index (χ4v) is 4.11. The molecule has 2 aromatic rings. The summed E-state index contributed by atoms with van der Waals surface area (Å²) in [5, 5.41) is 18.3. The smallest absolute Gasteiger partial charge is 0.332 e. The van der Waals surface area contributed by atoms with Crippen LogP contribution in [0.3, 0.4) is 0 Å². The number of hydrogen-bond donors (Lipinski definition) is 2. The summed E-state index contributed by atoms with van der Waals surface area (Å²) in [6, 6.07) is 18.4. The van der Waals surface area contributed by atoms with Crippen LogP contribution >= 0.6 is 0 Å². The van der Waals surface area contributed by atoms with E-state index in [1.54, 1.807) is 7.11 Å². The van der Waals surface area contributed by atoms with Crippen molar-refractivity contribution >= 4 is 11.9 Å². The molecule has 1 unspecified atom stereocenters. The third-order valence-corrected chi connectivity index (χ3v) is 5.65. The monoisotopic (exact) mass is 409 g/mol. The second-order valence-corrected chi connectivity index (χ2v) is 7.50. The molecular formula is C24H27NO5. The van der Waals surface area contributed by atoms with Gasteiger partial charge in [0.25, 0.3) is 0 Å². The molecule has 0 aliphatic carbocycles. The summed E-state index contributed by atoms with van der Waals surface area (Å²) in [6.07, 6.45) is 1.94. The van der Waals surface area contributed by atoms with Gasteiger partial charge in [0, 0.05) is 25.3 Å². The van der Waals surface area contributed by atoms with Crippen LogP contribution in [0.4, 0.5) is 0 Å². The molecule has 1 saturated heterocycles. The number of carbonyl (C=O) groups is 2. The SMILES string of the molecule is COC(CN1CCC(/C(=C/C(=O)O)C(=O)O)CC1)c1ccccc1-c1ccccc1. The number of methoxy groups -OCH3 is 1. The summed E-state index contributed by atoms with van der Waals surface area (Å²) in [5.74, 6) is -2.61. The van der Waals surface area contributed by atoms with Crippen LogP contribution in [0.1, 0.15) is 24.5 Å². The quantitative estimate of drug-likeness (QED) is 0.644. The molecule has 1 atom stereocenters. The van der Waals surface area contributed by atoms with E-state index in [0.717, 1.165) is 22.8 Å². The van der Waals surface area contributed by atoms with Crippen LogP contribution in [-0.4, -0.2) is 53.8 Å². The minimum Gasteiger partial charge on any atom is -0.478 e. The first-order chi connectivity index (χ1) is 14.5. The molecule has 0 aromatic heterocycles. The van der Waals surface area contributed by atoms with Gasteiger partial charge in [-0.2, -0.15) is 0 Å². The summed E-state index contributed by atoms with van der Waals surface area (Å²) < 4.78 is 5.84. The second kappa shape index (κ2) is 10.2. The third kappa shape index (κ3) is 5.34. The van der Waals surface area contributed by atoms with Crippen LogP contribution in [0.15, 0.2) is 66.2 Å². The molecule has 2 aromatic carbocycles. The lowest BCUT2D eigenvalue weighted by atomic mass is 9.88. The number of hydrogen-bond acceptors (Lipinski definition) is 4. The van der Waals surface area contributed by atoms with Crippen LogP contribution in [0.2, 0.25) is 0 Å². The predicted octanol–water partition coefficient (Wildman–Crippen LogP) is 3.85. The minimum absolute atomic E-state index is 0.0140. The summed E-state index contributed by atoms with van der Waals surface area (Å²) >= 11 is 0. The van der Waals surface area contributed by atoms with E-state index < -0.39 is 11.9 Å². The van der Waals surface area contributed by atoms with E-state index in [0.29, 0.717) is 32.5 Å². The maximum absolute atomic E-state index is 11.4. The van der Waals surface area contributed by atoms with Gasteiger partial charge < -0.3 is 19.8 Å². The molecule has 0 saturated carbocycles. The zero-order valence-corrected chi connectivity index (χ0v) is 17.0. The number of aliphatic carboxylic acids is 2. The Morgan fingerprint density at radius 3 is 2.30 bits per heavy atom. The Hall–Kier alpha value is -2.96. The van der Waals surface area contributed by atoms with E-state index >= 15 is 0 Å². The van der Waals surface area contributed by atoms with E-state index in [2.05, 4.69) is 29.2 Å². The van der Waals surface area contributed by atoms with Crippen molar-refractivity contribution < 1.29 is 24.5 Å². The van der Waals surface area contributed by atoms with Gasteiger partial charge in [0.05, 0.1) is 6.10 Å². The highest BCUT2D eigenvalue weighted by Crippen LogP contribution is 2.32. The van der Waals surface area contributed by atoms with Crippen molar-refractivity contribution in [3.05, 3.63) is 71.8 Å². The molecule has 3 rings (SSSR count). The molecule has 1 aliphatic rings. The zero-order valence-electron chi connectivity index (χ0n) is 17.0. The summed E-state index contributed by atoms with van der Waals surface area (Å²) in [5.41, 5.74) is 3.38. The van der Waals surface area contributed by atoms with Gasteiger partial charge in [0.2, 0.25) is 0 Å². The number of nitrogens with zero attached hydrogens (tertiary/aromatic N) is 1. The van der Waals surface area contributed by atoms with Gasteiger partial charge in [0.1, 0.15) is 0 Å². The molecule has 0 radical (unpaired) electrons. The Morgan fingerprint density at radius 2 is 1.70 bits per heavy atom. The van der Waals surface area contributed by atoms with Crippen molar-refractivity contribution in [2.75, 3.05) is 26.7 Å². The number of carboxylic acid groups (broad SMARTS) is 2. The average molecular weight is 409 g/mol. The van der Waals surface area contributed by atoms with Crippen LogP contribution in [0.5, 0.6) is 0 Å². The fraction of sp³-hybridized carbons (Fsp3) is 0.333. The van der Waals surface area contributed by atoms with Crippen molar-refractivity contribution in [3.63, 3.8) is 0 Å². The van der Waals surface area contributed by atoms with Crippen molar-refractivity contribution in [1.29, 1.82) is 0 Å². The highest BCUT2D eigenvalue weighted by atomic mass is 16.5. The lowest BCUT2D eigenvalue weighted by Gasteiger charge is -2.34. The van der Waals surface area contributed by atoms with Crippen LogP contribution in [0.25, 0.3) is 11.1 Å². The van der Waals surface area contributed by atoms with Crippen molar-refractivity contribution in [2.45, 2.75) is 18.9 Å². The van der Waals surface area contributed by atoms with Crippen LogP contribution < -0.4 is 0 Å². The summed E-state index contributed by atoms with van der Waals surface area (Å²) in [4.78, 5) is 24.6. The zero-order chi connectivity index (χ0) is 21.5. The molecule has 1 aliphatic heterocycles. The van der Waals surface area contributed by atoms with E-state index in [-0.39, 0.29) is 17.6 Å². The van der Waals surface area contributed by atoms with Gasteiger partial charge in [0.15, 0.2) is 0 Å². The standard InChI is InChI=1S/C24H27NO5/c1-30-22(20-10-6-5-9-19(20)17-7-3-2-4-8-17)16-25-13-11-18(12-14-25)21(24(28)29)15-23(26)27/h2-10,15,18,22H,11-14,16H2,1H3,(H,26,27)(H,28,29)/b21-15-. The van der Waals surface area contributed by atoms with E-state index in [1.807, 2.05) is 30.3 Å². The van der Waals surface area contributed by atoms with E-state index in [1.165, 1.54) is 0 Å². The molecule has 158 valence electrons. The molecule has 1 fully saturated rings. The maximum Gasteiger partial charge on any atom is 0.332 e. The first-order valence-electron chi connectivity index (χ1n) is 10.1. The Labute approximate surface area is 176 Å². The molecule has 0 amide bonds. The molecule has 2 N–H and O–H groups in total. The lowest BCUT2D eigenvalue weighted by Crippen LogP contribution is -2.38. The number of rotatable bonds is 8. The van der Waals surface area contributed by atoms with E-state index in [9.17, 15) is 14.7 Å². The number of carboxylic acids is 2. The lowest BCUT2D eigenvalue weighted by molar-refractivity contribution is -0.135. The van der Waals surface area contributed by atoms with Crippen LogP contribution in [0, 0.1) is 5.92 Å². The first kappa shape index (κ1) is 21.7. The number of piperidine rings is 1. The predicted molar refractivity (Wildman–Crippen MR) is 114 cm³/mol. The Kier molecular flexibility index (Phi) is 7.38. The maximum atomic E-state index is 11.4. The molecular weight excluding hydrogens is 382 g/mol. The van der Waals surface area contributed by atoms with Crippen molar-refractivity contribution in [2.24, 2.45) is 5.92 Å². The molecule has 0 bridgehead atoms. The molecule has 1 heterocycles. The highest BCUT2D eigenvalue weighted by molar-refractivity contribution is 5.95. The summed E-state index contributed by atoms with van der Waals surface area (Å²) in [7, 11) is 1.71. The molecule has 6 nitrogen and oxygen atoms in total. The second-order valence-electron chi connectivity index (χ2n) is 7.50. The topological polar surface area (TPSA) is 87.1 Å². The molecule has 0 spiro atoms.